The van der Waals surface area contributed by atoms with Gasteiger partial charge in [-0.15, -0.1) is 24.9 Å². The molecule has 2 unspecified atom stereocenters. The van der Waals surface area contributed by atoms with E-state index in [0.717, 1.165) is 18.4 Å². The Morgan fingerprint density at radius 1 is 1.14 bits per heavy atom. The lowest BCUT2D eigenvalue weighted by Gasteiger charge is -2.39. The maximum Gasteiger partial charge on any atom is 0.311 e. The molecule has 3 heterocycles. The Balaban J connectivity index is 1.55. The number of fused-ring (bicyclic) bond motifs is 1. The predicted molar refractivity (Wildman–Crippen MR) is 176 cm³/mol. The fraction of sp³-hybridized carbons (Fsp3) is 0.457. The zero-order chi connectivity index (χ0) is 31.5. The van der Waals surface area contributed by atoms with Crippen molar-refractivity contribution in [1.29, 1.82) is 0 Å². The smallest absolute Gasteiger partial charge is 0.311 e. The van der Waals surface area contributed by atoms with E-state index >= 15 is 0 Å². The number of carbonyl (C=O) groups excluding carboxylic acids is 3. The van der Waals surface area contributed by atoms with E-state index in [1.165, 1.54) is 0 Å². The minimum Gasteiger partial charge on any atom is -0.465 e. The first-order valence-corrected chi connectivity index (χ1v) is 16.5. The Morgan fingerprint density at radius 3 is 2.52 bits per heavy atom. The second kappa shape index (κ2) is 13.5. The summed E-state index contributed by atoms with van der Waals surface area (Å²) in [4.78, 5) is 46.5. The molecule has 9 heteroatoms. The summed E-state index contributed by atoms with van der Waals surface area (Å²) in [5.41, 5.74) is 1.58. The molecule has 0 aliphatic carbocycles. The number of halogens is 1. The zero-order valence-corrected chi connectivity index (χ0v) is 26.8. The number of rotatable bonds is 14. The fourth-order valence-electron chi connectivity index (χ4n) is 7.40. The van der Waals surface area contributed by atoms with Crippen LogP contribution in [0.25, 0.3) is 0 Å². The molecule has 7 nitrogen and oxygen atoms in total. The van der Waals surface area contributed by atoms with Crippen molar-refractivity contribution in [2.24, 2.45) is 11.8 Å². The zero-order valence-electron chi connectivity index (χ0n) is 25.2. The number of aliphatic hydroxyl groups is 1. The average Bonchev–Trinajstić information content (AvgIpc) is 3.59. The maximum atomic E-state index is 14.9. The van der Waals surface area contributed by atoms with Gasteiger partial charge in [-0.25, -0.2) is 0 Å². The highest BCUT2D eigenvalue weighted by molar-refractivity contribution is 8.02. The number of ether oxygens (including phenoxy) is 1. The maximum absolute atomic E-state index is 14.9. The van der Waals surface area contributed by atoms with Gasteiger partial charge in [0, 0.05) is 22.0 Å². The highest BCUT2D eigenvalue weighted by Gasteiger charge is 2.78. The number of thioether (sulfide) groups is 1. The number of esters is 1. The van der Waals surface area contributed by atoms with E-state index in [0.29, 0.717) is 36.4 Å². The van der Waals surface area contributed by atoms with Crippen LogP contribution in [0.4, 0.5) is 5.69 Å². The van der Waals surface area contributed by atoms with E-state index in [1.54, 1.807) is 51.9 Å². The van der Waals surface area contributed by atoms with Crippen molar-refractivity contribution in [3.05, 3.63) is 90.5 Å². The van der Waals surface area contributed by atoms with Crippen LogP contribution in [-0.4, -0.2) is 69.1 Å². The summed E-state index contributed by atoms with van der Waals surface area (Å²) in [6, 6.07) is 15.1. The van der Waals surface area contributed by atoms with E-state index in [2.05, 4.69) is 13.2 Å². The molecule has 1 N–H and O–H groups in total. The van der Waals surface area contributed by atoms with Crippen LogP contribution in [0.5, 0.6) is 0 Å². The van der Waals surface area contributed by atoms with Gasteiger partial charge in [0.05, 0.1) is 35.8 Å². The molecule has 5 rings (SSSR count). The Bertz CT molecular complexity index is 1390. The van der Waals surface area contributed by atoms with Crippen LogP contribution in [-0.2, 0) is 25.5 Å². The van der Waals surface area contributed by atoms with Crippen LogP contribution in [0.2, 0.25) is 5.02 Å². The third kappa shape index (κ3) is 5.84. The average molecular weight is 637 g/mol. The molecule has 3 aliphatic rings. The third-order valence-electron chi connectivity index (χ3n) is 9.38. The lowest BCUT2D eigenvalue weighted by atomic mass is 9.66. The van der Waals surface area contributed by atoms with Gasteiger partial charge in [0.2, 0.25) is 5.91 Å². The van der Waals surface area contributed by atoms with Crippen molar-refractivity contribution in [2.75, 3.05) is 24.7 Å². The van der Waals surface area contributed by atoms with Gasteiger partial charge < -0.3 is 19.6 Å². The van der Waals surface area contributed by atoms with Crippen LogP contribution < -0.4 is 4.90 Å². The normalized spacial score (nSPS) is 27.6. The van der Waals surface area contributed by atoms with Gasteiger partial charge in [-0.3, -0.25) is 14.4 Å². The van der Waals surface area contributed by atoms with Gasteiger partial charge in [0.25, 0.3) is 5.91 Å². The van der Waals surface area contributed by atoms with Crippen molar-refractivity contribution < 1.29 is 24.2 Å². The molecule has 0 radical (unpaired) electrons. The van der Waals surface area contributed by atoms with Crippen molar-refractivity contribution in [3.63, 3.8) is 0 Å². The molecule has 234 valence electrons. The van der Waals surface area contributed by atoms with Crippen LogP contribution in [0.3, 0.4) is 0 Å². The number of amides is 2. The highest BCUT2D eigenvalue weighted by Crippen LogP contribution is 2.72. The van der Waals surface area contributed by atoms with Gasteiger partial charge >= 0.3 is 5.97 Å². The predicted octanol–water partition coefficient (Wildman–Crippen LogP) is 5.84. The minimum atomic E-state index is -0.895. The molecule has 3 aliphatic heterocycles. The number of likely N-dealkylation sites (tertiary alicyclic amines) is 1. The molecule has 2 amide bonds. The molecule has 3 fully saturated rings. The standard InChI is InChI=1S/C35H41ClN2O5S/c1-4-6-7-11-21-43-33(42)29-28-31(40)38(27(23-39)22-24-12-9-8-10-13-24)30(35(28)19-18-34(29,3)44-35)32(41)37(20-5-2)26-16-14-25(36)15-17-26/h4-5,8-10,12-17,27-30,39H,1-2,6-7,11,18-23H2,3H3/t27-,28+,29-,30?,34+,35?/m1/s1. The number of unbranched alkanes of at least 4 members (excludes halogenated alkanes) is 2. The molecule has 1 spiro atoms. The van der Waals surface area contributed by atoms with Crippen molar-refractivity contribution in [1.82, 2.24) is 4.90 Å². The van der Waals surface area contributed by atoms with Crippen molar-refractivity contribution >= 4 is 46.8 Å². The Labute approximate surface area is 269 Å². The highest BCUT2D eigenvalue weighted by atomic mass is 35.5. The van der Waals surface area contributed by atoms with Gasteiger partial charge in [-0.1, -0.05) is 54.1 Å². The largest absolute Gasteiger partial charge is 0.465 e. The monoisotopic (exact) mass is 636 g/mol. The first-order valence-electron chi connectivity index (χ1n) is 15.3. The van der Waals surface area contributed by atoms with Gasteiger partial charge in [0.1, 0.15) is 6.04 Å². The van der Waals surface area contributed by atoms with Crippen LogP contribution in [0.15, 0.2) is 79.9 Å². The number of carbonyl (C=O) groups is 3. The summed E-state index contributed by atoms with van der Waals surface area (Å²) in [6.07, 6.45) is 7.58. The van der Waals surface area contributed by atoms with Crippen molar-refractivity contribution in [3.8, 4) is 0 Å². The summed E-state index contributed by atoms with van der Waals surface area (Å²) in [6.45, 7) is 9.84. The van der Waals surface area contributed by atoms with Gasteiger partial charge in [-0.05, 0) is 75.3 Å². The number of hydrogen-bond acceptors (Lipinski definition) is 6. The number of hydrogen-bond donors (Lipinski definition) is 1. The number of aliphatic hydroxyl groups excluding tert-OH is 1. The van der Waals surface area contributed by atoms with E-state index < -0.39 is 33.4 Å². The summed E-state index contributed by atoms with van der Waals surface area (Å²) in [5.74, 6) is -2.33. The van der Waals surface area contributed by atoms with E-state index in [-0.39, 0.29) is 37.5 Å². The first-order chi connectivity index (χ1) is 21.2. The molecular weight excluding hydrogens is 596 g/mol. The summed E-state index contributed by atoms with van der Waals surface area (Å²) in [5, 5.41) is 11.3. The van der Waals surface area contributed by atoms with E-state index in [1.807, 2.05) is 43.3 Å². The first kappa shape index (κ1) is 32.3. The number of anilines is 1. The molecular formula is C35H41ClN2O5S. The lowest BCUT2D eigenvalue weighted by Crippen LogP contribution is -2.58. The summed E-state index contributed by atoms with van der Waals surface area (Å²) in [7, 11) is 0. The molecule has 0 saturated carbocycles. The minimum absolute atomic E-state index is 0.223. The van der Waals surface area contributed by atoms with Gasteiger partial charge in [0.15, 0.2) is 0 Å². The third-order valence-corrected chi connectivity index (χ3v) is 11.6. The van der Waals surface area contributed by atoms with Crippen LogP contribution in [0, 0.1) is 11.8 Å². The number of nitrogens with zero attached hydrogens (tertiary/aromatic N) is 2. The summed E-state index contributed by atoms with van der Waals surface area (Å²) >= 11 is 7.76. The van der Waals surface area contributed by atoms with Gasteiger partial charge in [-0.2, -0.15) is 0 Å². The van der Waals surface area contributed by atoms with Crippen molar-refractivity contribution in [2.45, 2.75) is 67.0 Å². The molecule has 44 heavy (non-hydrogen) atoms. The Kier molecular flexibility index (Phi) is 9.93. The summed E-state index contributed by atoms with van der Waals surface area (Å²) < 4.78 is 4.41. The molecule has 2 bridgehead atoms. The lowest BCUT2D eigenvalue weighted by molar-refractivity contribution is -0.156. The molecule has 2 aromatic carbocycles. The molecule has 6 atom stereocenters. The quantitative estimate of drug-likeness (QED) is 0.159. The molecule has 2 aromatic rings. The second-order valence-electron chi connectivity index (χ2n) is 12.2. The topological polar surface area (TPSA) is 87.1 Å². The molecule has 3 saturated heterocycles. The Morgan fingerprint density at radius 2 is 1.86 bits per heavy atom. The van der Waals surface area contributed by atoms with E-state index in [9.17, 15) is 19.5 Å². The Hall–Kier alpha value is -3.07. The SMILES string of the molecule is C=CCCCCOC(=O)[C@H]1[C@H]2C(=O)N([C@@H](CO)Cc3ccccc3)C(C(=O)N(CC=C)c3ccc(Cl)cc3)C23CC[C@]1(C)S3. The molecule has 0 aromatic heterocycles. The number of allylic oxidation sites excluding steroid dienone is 1. The number of benzene rings is 2. The van der Waals surface area contributed by atoms with Crippen LogP contribution in [0.1, 0.15) is 44.6 Å². The second-order valence-corrected chi connectivity index (χ2v) is 14.5. The fourth-order valence-corrected chi connectivity index (χ4v) is 9.86. The van der Waals surface area contributed by atoms with Crippen LogP contribution >= 0.6 is 23.4 Å². The van der Waals surface area contributed by atoms with E-state index in [4.69, 9.17) is 16.3 Å².